The second-order valence-corrected chi connectivity index (χ2v) is 3.00. The smallest absolute Gasteiger partial charge is 0.490 e. The van der Waals surface area contributed by atoms with Crippen LogP contribution < -0.4 is 9.47 Å². The van der Waals surface area contributed by atoms with Gasteiger partial charge in [-0.2, -0.15) is 0 Å². The number of nitro groups is 1. The molecule has 1 aromatic heterocycles. The van der Waals surface area contributed by atoms with E-state index in [2.05, 4.69) is 14.5 Å². The lowest BCUT2D eigenvalue weighted by Gasteiger charge is -2.14. The molecule has 0 bridgehead atoms. The first-order valence-electron chi connectivity index (χ1n) is 4.42. The van der Waals surface area contributed by atoms with Crippen LogP contribution in [0.5, 0.6) is 11.5 Å². The Kier molecular flexibility index (Phi) is 4.07. The number of halogens is 5. The molecule has 1 aromatic rings. The highest BCUT2D eigenvalue weighted by molar-refractivity contribution is 5.53. The van der Waals surface area contributed by atoms with E-state index < -0.39 is 40.6 Å². The molecule has 1 heterocycles. The predicted molar refractivity (Wildman–Crippen MR) is 49.1 cm³/mol. The Morgan fingerprint density at radius 1 is 1.42 bits per heavy atom. The van der Waals surface area contributed by atoms with Crippen LogP contribution >= 0.6 is 0 Å². The van der Waals surface area contributed by atoms with Gasteiger partial charge in [0.05, 0.1) is 7.11 Å². The predicted octanol–water partition coefficient (Wildman–Crippen LogP) is 2.83. The Hall–Kier alpha value is -2.20. The van der Waals surface area contributed by atoms with Crippen molar-refractivity contribution in [3.8, 4) is 11.5 Å². The van der Waals surface area contributed by atoms with E-state index in [1.54, 1.807) is 0 Å². The molecule has 0 radical (unpaired) electrons. The van der Waals surface area contributed by atoms with Crippen molar-refractivity contribution in [1.29, 1.82) is 0 Å². The average molecular weight is 288 g/mol. The van der Waals surface area contributed by atoms with Gasteiger partial charge in [0.2, 0.25) is 5.75 Å². The van der Waals surface area contributed by atoms with Gasteiger partial charge in [-0.15, -0.1) is 13.2 Å². The van der Waals surface area contributed by atoms with E-state index in [-0.39, 0.29) is 0 Å². The Morgan fingerprint density at radius 2 is 2.00 bits per heavy atom. The Labute approximate surface area is 101 Å². The van der Waals surface area contributed by atoms with E-state index in [9.17, 15) is 32.1 Å². The number of nitrogens with zero attached hydrogens (tertiary/aromatic N) is 2. The van der Waals surface area contributed by atoms with Gasteiger partial charge in [0, 0.05) is 0 Å². The summed E-state index contributed by atoms with van der Waals surface area (Å²) in [5, 5.41) is 10.5. The molecule has 0 unspecified atom stereocenters. The summed E-state index contributed by atoms with van der Waals surface area (Å²) in [5.41, 5.74) is -1.60. The molecule has 0 saturated heterocycles. The van der Waals surface area contributed by atoms with Crippen LogP contribution in [-0.2, 0) is 0 Å². The monoisotopic (exact) mass is 288 g/mol. The molecule has 0 spiro atoms. The summed E-state index contributed by atoms with van der Waals surface area (Å²) in [7, 11) is 0.876. The highest BCUT2D eigenvalue weighted by Crippen LogP contribution is 2.43. The molecule has 0 fully saturated rings. The Balaban J connectivity index is 3.52. The highest BCUT2D eigenvalue weighted by Gasteiger charge is 2.39. The fourth-order valence-electron chi connectivity index (χ4n) is 1.19. The maximum absolute atomic E-state index is 12.7. The summed E-state index contributed by atoms with van der Waals surface area (Å²) in [6, 6.07) is 0. The Morgan fingerprint density at radius 3 is 2.37 bits per heavy atom. The largest absolute Gasteiger partial charge is 0.573 e. The second kappa shape index (κ2) is 5.20. The molecule has 19 heavy (non-hydrogen) atoms. The first-order valence-corrected chi connectivity index (χ1v) is 4.42. The fourth-order valence-corrected chi connectivity index (χ4v) is 1.19. The van der Waals surface area contributed by atoms with Gasteiger partial charge >= 0.3 is 12.2 Å². The maximum atomic E-state index is 12.7. The molecule has 1 rings (SSSR count). The van der Waals surface area contributed by atoms with Gasteiger partial charge in [0.15, 0.2) is 17.5 Å². The zero-order valence-corrected chi connectivity index (χ0v) is 9.07. The topological polar surface area (TPSA) is 74.5 Å². The molecular formula is C8H5F5N2O4. The van der Waals surface area contributed by atoms with Crippen LogP contribution in [0.25, 0.3) is 0 Å². The molecule has 11 heteroatoms. The summed E-state index contributed by atoms with van der Waals surface area (Å²) in [4.78, 5) is 12.1. The van der Waals surface area contributed by atoms with Crippen LogP contribution in [0.3, 0.4) is 0 Å². The van der Waals surface area contributed by atoms with Crippen molar-refractivity contribution in [3.63, 3.8) is 0 Å². The summed E-state index contributed by atoms with van der Waals surface area (Å²) >= 11 is 0. The van der Waals surface area contributed by atoms with Crippen molar-refractivity contribution in [1.82, 2.24) is 4.98 Å². The molecule has 0 saturated carbocycles. The highest BCUT2D eigenvalue weighted by atomic mass is 19.4. The molecule has 0 amide bonds. The Bertz CT molecular complexity index is 491. The first kappa shape index (κ1) is 14.9. The van der Waals surface area contributed by atoms with Crippen LogP contribution in [0.4, 0.5) is 27.8 Å². The lowest BCUT2D eigenvalue weighted by atomic mass is 10.2. The van der Waals surface area contributed by atoms with Crippen molar-refractivity contribution in [2.45, 2.75) is 12.8 Å². The van der Waals surface area contributed by atoms with Crippen molar-refractivity contribution in [2.24, 2.45) is 0 Å². The van der Waals surface area contributed by atoms with E-state index in [0.717, 1.165) is 7.11 Å². The minimum absolute atomic E-state index is 0.491. The van der Waals surface area contributed by atoms with E-state index in [1.165, 1.54) is 0 Å². The summed E-state index contributed by atoms with van der Waals surface area (Å²) in [6.45, 7) is 0. The van der Waals surface area contributed by atoms with Gasteiger partial charge in [-0.3, -0.25) is 0 Å². The van der Waals surface area contributed by atoms with Crippen molar-refractivity contribution >= 4 is 5.82 Å². The normalized spacial score (nSPS) is 11.5. The third-order valence-electron chi connectivity index (χ3n) is 1.84. The standard InChI is InChI=1S/C8H5F5N2O4/c1-18-3-2-14-7(15(16)17)4(6(9)10)5(3)19-8(11,12)13/h2,6H,1H3. The van der Waals surface area contributed by atoms with Gasteiger partial charge in [-0.05, 0) is 9.91 Å². The summed E-state index contributed by atoms with van der Waals surface area (Å²) < 4.78 is 69.5. The lowest BCUT2D eigenvalue weighted by Crippen LogP contribution is -2.19. The first-order chi connectivity index (χ1) is 8.67. The van der Waals surface area contributed by atoms with E-state index in [0.29, 0.717) is 6.20 Å². The van der Waals surface area contributed by atoms with Crippen molar-refractivity contribution < 1.29 is 36.3 Å². The zero-order chi connectivity index (χ0) is 14.8. The number of hydrogen-bond acceptors (Lipinski definition) is 5. The minimum Gasteiger partial charge on any atom is -0.490 e. The third-order valence-corrected chi connectivity index (χ3v) is 1.84. The molecule has 6 nitrogen and oxygen atoms in total. The van der Waals surface area contributed by atoms with Gasteiger partial charge in [-0.1, -0.05) is 0 Å². The molecule has 0 aliphatic heterocycles. The number of aromatic nitrogens is 1. The van der Waals surface area contributed by atoms with Crippen LogP contribution in [0.2, 0.25) is 0 Å². The molecule has 0 aromatic carbocycles. The van der Waals surface area contributed by atoms with Gasteiger partial charge < -0.3 is 19.6 Å². The van der Waals surface area contributed by atoms with Gasteiger partial charge in [0.1, 0.15) is 0 Å². The average Bonchev–Trinajstić information content (AvgIpc) is 2.25. The lowest BCUT2D eigenvalue weighted by molar-refractivity contribution is -0.391. The molecule has 0 atom stereocenters. The van der Waals surface area contributed by atoms with Gasteiger partial charge in [0.25, 0.3) is 6.43 Å². The number of hydrogen-bond donors (Lipinski definition) is 0. The molecule has 0 aliphatic carbocycles. The third kappa shape index (κ3) is 3.39. The molecular weight excluding hydrogens is 283 g/mol. The van der Waals surface area contributed by atoms with Crippen LogP contribution in [0.15, 0.2) is 6.20 Å². The van der Waals surface area contributed by atoms with E-state index in [1.807, 2.05) is 0 Å². The summed E-state index contributed by atoms with van der Waals surface area (Å²) in [6.07, 6.45) is -8.42. The van der Waals surface area contributed by atoms with Gasteiger partial charge in [-0.25, -0.2) is 8.78 Å². The minimum atomic E-state index is -5.31. The number of methoxy groups -OCH3 is 1. The second-order valence-electron chi connectivity index (χ2n) is 3.00. The van der Waals surface area contributed by atoms with E-state index in [4.69, 9.17) is 0 Å². The SMILES string of the molecule is COc1cnc([N+](=O)[O-])c(C(F)F)c1OC(F)(F)F. The quantitative estimate of drug-likeness (QED) is 0.484. The number of pyridine rings is 1. The van der Waals surface area contributed by atoms with Crippen LogP contribution in [0.1, 0.15) is 12.0 Å². The number of ether oxygens (including phenoxy) is 2. The molecule has 0 N–H and O–H groups in total. The number of rotatable bonds is 4. The maximum Gasteiger partial charge on any atom is 0.573 e. The zero-order valence-electron chi connectivity index (χ0n) is 9.07. The summed E-state index contributed by atoms with van der Waals surface area (Å²) in [5.74, 6) is -3.71. The number of alkyl halides is 5. The fraction of sp³-hybridized carbons (Fsp3) is 0.375. The molecule has 0 aliphatic rings. The van der Waals surface area contributed by atoms with Crippen molar-refractivity contribution in [2.75, 3.05) is 7.11 Å². The van der Waals surface area contributed by atoms with Crippen LogP contribution in [0, 0.1) is 10.1 Å². The van der Waals surface area contributed by atoms with Crippen LogP contribution in [-0.4, -0.2) is 23.4 Å². The molecule has 106 valence electrons. The van der Waals surface area contributed by atoms with E-state index >= 15 is 0 Å². The van der Waals surface area contributed by atoms with Crippen molar-refractivity contribution in [3.05, 3.63) is 21.9 Å².